The Morgan fingerprint density at radius 1 is 1.75 bits per heavy atom. The third kappa shape index (κ3) is 2.05. The summed E-state index contributed by atoms with van der Waals surface area (Å²) in [6.45, 7) is 0. The summed E-state index contributed by atoms with van der Waals surface area (Å²) in [5.41, 5.74) is 0.326. The molecule has 0 bridgehead atoms. The predicted molar refractivity (Wildman–Crippen MR) is 48.5 cm³/mol. The van der Waals surface area contributed by atoms with Gasteiger partial charge in [0, 0.05) is 0 Å². The van der Waals surface area contributed by atoms with Crippen molar-refractivity contribution in [1.29, 1.82) is 0 Å². The molecule has 2 radical (unpaired) electrons. The molecule has 0 aliphatic rings. The minimum absolute atomic E-state index is 0.237. The Balaban J connectivity index is 3.13. The molecule has 0 aliphatic heterocycles. The summed E-state index contributed by atoms with van der Waals surface area (Å²) in [6, 6.07) is 0. The number of halogens is 1. The predicted octanol–water partition coefficient (Wildman–Crippen LogP) is -0.608. The van der Waals surface area contributed by atoms with E-state index in [1.54, 1.807) is 13.2 Å². The van der Waals surface area contributed by atoms with Crippen LogP contribution in [0.5, 0.6) is 0 Å². The molecule has 0 fully saturated rings. The molecule has 0 atom stereocenters. The van der Waals surface area contributed by atoms with Gasteiger partial charge in [-0.2, -0.15) is 0 Å². The molecule has 0 aliphatic carbocycles. The first kappa shape index (κ1) is 9.67. The van der Waals surface area contributed by atoms with Gasteiger partial charge in [-0.1, -0.05) is 0 Å². The number of hydrogen-bond acceptors (Lipinski definition) is 3. The summed E-state index contributed by atoms with van der Waals surface area (Å²) in [5, 5.41) is 2.48. The normalized spacial score (nSPS) is 9.58. The van der Waals surface area contributed by atoms with Gasteiger partial charge in [0.05, 0.1) is 0 Å². The Labute approximate surface area is 86.8 Å². The standard InChI is InChI=1S/C6H5AsBrN3O/c1-9-6(12)4-5(7)10-2-3(8)11-4/h2H,1H3,(H,9,12). The Bertz CT molecular complexity index is 318. The van der Waals surface area contributed by atoms with Gasteiger partial charge in [0.1, 0.15) is 0 Å². The van der Waals surface area contributed by atoms with Crippen molar-refractivity contribution in [2.45, 2.75) is 0 Å². The molecular weight excluding hydrogens is 285 g/mol. The van der Waals surface area contributed by atoms with Crippen molar-refractivity contribution in [3.8, 4) is 0 Å². The molecule has 1 aromatic rings. The molecule has 0 saturated carbocycles. The van der Waals surface area contributed by atoms with Crippen molar-refractivity contribution < 1.29 is 4.79 Å². The second-order valence-electron chi connectivity index (χ2n) is 1.94. The first-order valence-electron chi connectivity index (χ1n) is 3.08. The molecule has 62 valence electrons. The van der Waals surface area contributed by atoms with Crippen molar-refractivity contribution in [3.63, 3.8) is 0 Å². The molecule has 0 saturated heterocycles. The summed E-state index contributed by atoms with van der Waals surface area (Å²) in [5.74, 6) is -0.237. The second-order valence-corrected chi connectivity index (χ2v) is 3.65. The van der Waals surface area contributed by atoms with Crippen LogP contribution >= 0.6 is 15.9 Å². The van der Waals surface area contributed by atoms with Gasteiger partial charge in [-0.3, -0.25) is 0 Å². The number of hydrogen-bond donors (Lipinski definition) is 1. The van der Waals surface area contributed by atoms with Gasteiger partial charge in [0.2, 0.25) is 0 Å². The van der Waals surface area contributed by atoms with Crippen LogP contribution in [0.2, 0.25) is 0 Å². The van der Waals surface area contributed by atoms with E-state index in [4.69, 9.17) is 0 Å². The maximum absolute atomic E-state index is 11.1. The fourth-order valence-corrected chi connectivity index (χ4v) is 1.35. The molecular formula is C6H5AsBrN3O. The molecule has 12 heavy (non-hydrogen) atoms. The monoisotopic (exact) mass is 289 g/mol. The van der Waals surface area contributed by atoms with Crippen LogP contribution in [0, 0.1) is 0 Å². The molecule has 4 nitrogen and oxygen atoms in total. The van der Waals surface area contributed by atoms with Crippen LogP contribution in [-0.2, 0) is 0 Å². The Morgan fingerprint density at radius 3 is 3.00 bits per heavy atom. The van der Waals surface area contributed by atoms with Crippen LogP contribution in [0.25, 0.3) is 0 Å². The molecule has 1 aromatic heterocycles. The van der Waals surface area contributed by atoms with Gasteiger partial charge in [-0.05, 0) is 0 Å². The van der Waals surface area contributed by atoms with Crippen LogP contribution in [0.1, 0.15) is 10.5 Å². The number of carbonyl (C=O) groups is 1. The van der Waals surface area contributed by atoms with Crippen LogP contribution in [0.15, 0.2) is 10.8 Å². The Morgan fingerprint density at radius 2 is 2.42 bits per heavy atom. The number of amides is 1. The minimum atomic E-state index is -0.237. The fraction of sp³-hybridized carbons (Fsp3) is 0.167. The number of aromatic nitrogens is 2. The number of rotatable bonds is 1. The molecule has 1 rings (SSSR count). The SMILES string of the molecule is CNC(=O)c1nc(Br)cnc1[As]. The van der Waals surface area contributed by atoms with Crippen molar-refractivity contribution in [1.82, 2.24) is 15.3 Å². The van der Waals surface area contributed by atoms with Gasteiger partial charge in [0.15, 0.2) is 0 Å². The summed E-state index contributed by atoms with van der Waals surface area (Å²) in [7, 11) is 1.55. The van der Waals surface area contributed by atoms with Crippen molar-refractivity contribution in [3.05, 3.63) is 16.5 Å². The zero-order chi connectivity index (χ0) is 9.14. The fourth-order valence-electron chi connectivity index (χ4n) is 0.632. The maximum atomic E-state index is 11.1. The van der Waals surface area contributed by atoms with E-state index in [9.17, 15) is 4.79 Å². The van der Waals surface area contributed by atoms with Crippen LogP contribution in [0.4, 0.5) is 0 Å². The zero-order valence-corrected chi connectivity index (χ0v) is 9.67. The van der Waals surface area contributed by atoms with Gasteiger partial charge < -0.3 is 0 Å². The van der Waals surface area contributed by atoms with E-state index in [-0.39, 0.29) is 5.91 Å². The zero-order valence-electron chi connectivity index (χ0n) is 6.21. The Kier molecular flexibility index (Phi) is 3.23. The van der Waals surface area contributed by atoms with Gasteiger partial charge in [0.25, 0.3) is 0 Å². The average Bonchev–Trinajstić information content (AvgIpc) is 2.08. The molecule has 0 unspecified atom stereocenters. The third-order valence-electron chi connectivity index (χ3n) is 1.17. The van der Waals surface area contributed by atoms with Crippen LogP contribution in [0.3, 0.4) is 0 Å². The van der Waals surface area contributed by atoms with Gasteiger partial charge in [-0.15, -0.1) is 0 Å². The topological polar surface area (TPSA) is 54.9 Å². The summed E-state index contributed by atoms with van der Waals surface area (Å²) in [6.07, 6.45) is 1.54. The number of carbonyl (C=O) groups excluding carboxylic acids is 1. The molecule has 1 amide bonds. The number of nitrogens with one attached hydrogen (secondary N) is 1. The Hall–Kier alpha value is -0.412. The summed E-state index contributed by atoms with van der Waals surface area (Å²) in [4.78, 5) is 19.1. The van der Waals surface area contributed by atoms with E-state index >= 15 is 0 Å². The molecule has 6 heteroatoms. The third-order valence-corrected chi connectivity index (χ3v) is 2.23. The quantitative estimate of drug-likeness (QED) is 0.702. The van der Waals surface area contributed by atoms with Crippen molar-refractivity contribution >= 4 is 43.2 Å². The summed E-state index contributed by atoms with van der Waals surface area (Å²) < 4.78 is 1.11. The van der Waals surface area contributed by atoms with Crippen molar-refractivity contribution in [2.24, 2.45) is 0 Å². The van der Waals surface area contributed by atoms with E-state index in [0.717, 1.165) is 0 Å². The van der Waals surface area contributed by atoms with Crippen molar-refractivity contribution in [2.75, 3.05) is 7.05 Å². The first-order chi connectivity index (χ1) is 5.65. The summed E-state index contributed by atoms with van der Waals surface area (Å²) >= 11 is 5.33. The van der Waals surface area contributed by atoms with Gasteiger partial charge in [-0.25, -0.2) is 0 Å². The van der Waals surface area contributed by atoms with E-state index < -0.39 is 0 Å². The van der Waals surface area contributed by atoms with E-state index in [1.165, 1.54) is 0 Å². The van der Waals surface area contributed by atoms with Gasteiger partial charge >= 0.3 is 86.8 Å². The first-order valence-corrected chi connectivity index (χ1v) is 4.82. The average molecular weight is 290 g/mol. The molecule has 1 heterocycles. The van der Waals surface area contributed by atoms with E-state index in [2.05, 4.69) is 48.1 Å². The number of nitrogens with zero attached hydrogens (tertiary/aromatic N) is 2. The van der Waals surface area contributed by atoms with Crippen LogP contribution in [-0.4, -0.2) is 39.8 Å². The second kappa shape index (κ2) is 4.01. The van der Waals surface area contributed by atoms with Crippen LogP contribution < -0.4 is 9.80 Å². The molecule has 0 spiro atoms. The van der Waals surface area contributed by atoms with E-state index in [1.807, 2.05) is 0 Å². The molecule has 1 N–H and O–H groups in total. The molecule has 0 aromatic carbocycles. The van der Waals surface area contributed by atoms with E-state index in [0.29, 0.717) is 14.8 Å².